The van der Waals surface area contributed by atoms with Crippen LogP contribution >= 0.6 is 0 Å². The molecular formula is C7H15NO2. The first-order chi connectivity index (χ1) is 4.77. The summed E-state index contributed by atoms with van der Waals surface area (Å²) in [5.74, 6) is 0. The molecule has 0 aromatic carbocycles. The van der Waals surface area contributed by atoms with E-state index in [-0.39, 0.29) is 12.1 Å². The summed E-state index contributed by atoms with van der Waals surface area (Å²) in [6.07, 6.45) is 2.63. The van der Waals surface area contributed by atoms with Crippen molar-refractivity contribution in [2.24, 2.45) is 5.73 Å². The fourth-order valence-corrected chi connectivity index (χ4v) is 1.19. The first-order valence-electron chi connectivity index (χ1n) is 3.74. The van der Waals surface area contributed by atoms with Crippen molar-refractivity contribution in [1.82, 2.24) is 0 Å². The predicted octanol–water partition coefficient (Wildman–Crippen LogP) is -0.123. The largest absolute Gasteiger partial charge is 0.394 e. The van der Waals surface area contributed by atoms with Crippen molar-refractivity contribution in [1.29, 1.82) is 0 Å². The second kappa shape index (κ2) is 3.32. The lowest BCUT2D eigenvalue weighted by Crippen LogP contribution is -2.43. The fraction of sp³-hybridized carbons (Fsp3) is 1.00. The van der Waals surface area contributed by atoms with Gasteiger partial charge in [-0.2, -0.15) is 0 Å². The summed E-state index contributed by atoms with van der Waals surface area (Å²) in [5, 5.41) is 8.89. The van der Waals surface area contributed by atoms with Crippen LogP contribution in [-0.2, 0) is 4.74 Å². The van der Waals surface area contributed by atoms with Gasteiger partial charge in [0, 0.05) is 18.8 Å². The molecule has 10 heavy (non-hydrogen) atoms. The van der Waals surface area contributed by atoms with Crippen molar-refractivity contribution in [2.45, 2.75) is 24.8 Å². The zero-order valence-electron chi connectivity index (χ0n) is 6.18. The molecule has 3 nitrogen and oxygen atoms in total. The highest BCUT2D eigenvalue weighted by molar-refractivity contribution is 4.84. The van der Waals surface area contributed by atoms with E-state index in [1.54, 1.807) is 0 Å². The Bertz CT molecular complexity index is 97.8. The molecule has 0 aromatic heterocycles. The average molecular weight is 145 g/mol. The van der Waals surface area contributed by atoms with E-state index in [0.29, 0.717) is 6.61 Å². The lowest BCUT2D eigenvalue weighted by atomic mass is 9.93. The second-order valence-corrected chi connectivity index (χ2v) is 2.99. The van der Waals surface area contributed by atoms with Gasteiger partial charge in [0.25, 0.3) is 0 Å². The highest BCUT2D eigenvalue weighted by Crippen LogP contribution is 2.16. The van der Waals surface area contributed by atoms with Gasteiger partial charge in [0.05, 0.1) is 6.61 Å². The van der Waals surface area contributed by atoms with E-state index in [0.717, 1.165) is 25.9 Å². The van der Waals surface area contributed by atoms with E-state index in [9.17, 15) is 0 Å². The monoisotopic (exact) mass is 145 g/mol. The minimum Gasteiger partial charge on any atom is -0.394 e. The van der Waals surface area contributed by atoms with Gasteiger partial charge < -0.3 is 15.6 Å². The van der Waals surface area contributed by atoms with Crippen molar-refractivity contribution < 1.29 is 9.84 Å². The topological polar surface area (TPSA) is 55.5 Å². The van der Waals surface area contributed by atoms with Crippen LogP contribution in [0.15, 0.2) is 0 Å². The molecular weight excluding hydrogens is 130 g/mol. The summed E-state index contributed by atoms with van der Waals surface area (Å²) in [6.45, 7) is 1.56. The van der Waals surface area contributed by atoms with Gasteiger partial charge in [-0.3, -0.25) is 0 Å². The third kappa shape index (κ3) is 1.94. The molecule has 0 amide bonds. The van der Waals surface area contributed by atoms with Gasteiger partial charge in [-0.05, 0) is 19.3 Å². The van der Waals surface area contributed by atoms with E-state index >= 15 is 0 Å². The summed E-state index contributed by atoms with van der Waals surface area (Å²) in [7, 11) is 0. The summed E-state index contributed by atoms with van der Waals surface area (Å²) in [6, 6.07) is 0. The first kappa shape index (κ1) is 7.98. The van der Waals surface area contributed by atoms with Crippen LogP contribution in [0.1, 0.15) is 19.3 Å². The van der Waals surface area contributed by atoms with Crippen LogP contribution in [0.5, 0.6) is 0 Å². The molecule has 1 heterocycles. The van der Waals surface area contributed by atoms with Crippen molar-refractivity contribution >= 4 is 0 Å². The molecule has 0 aliphatic carbocycles. The van der Waals surface area contributed by atoms with Crippen molar-refractivity contribution in [2.75, 3.05) is 19.8 Å². The van der Waals surface area contributed by atoms with Crippen LogP contribution in [0, 0.1) is 0 Å². The molecule has 3 heteroatoms. The molecule has 0 bridgehead atoms. The molecule has 0 saturated carbocycles. The maximum absolute atomic E-state index is 8.89. The number of aliphatic hydroxyl groups excluding tert-OH is 1. The molecule has 1 atom stereocenters. The maximum atomic E-state index is 8.89. The Morgan fingerprint density at radius 3 is 2.90 bits per heavy atom. The van der Waals surface area contributed by atoms with Crippen molar-refractivity contribution in [3.8, 4) is 0 Å². The van der Waals surface area contributed by atoms with Gasteiger partial charge in [-0.25, -0.2) is 0 Å². The quantitative estimate of drug-likeness (QED) is 0.540. The molecule has 1 aliphatic rings. The van der Waals surface area contributed by atoms with Crippen LogP contribution in [0.4, 0.5) is 0 Å². The van der Waals surface area contributed by atoms with E-state index in [4.69, 9.17) is 15.6 Å². The standard InChI is InChI=1S/C7H15NO2/c8-7(6-9)2-1-4-10-5-3-7/h9H,1-6,8H2/t7-/m0/s1. The minimum absolute atomic E-state index is 0.0797. The van der Waals surface area contributed by atoms with Gasteiger partial charge in [0.1, 0.15) is 0 Å². The Balaban J connectivity index is 2.41. The number of rotatable bonds is 1. The SMILES string of the molecule is N[C@@]1(CO)CCCOCC1. The number of hydrogen-bond donors (Lipinski definition) is 2. The lowest BCUT2D eigenvalue weighted by molar-refractivity contribution is 0.128. The zero-order chi connectivity index (χ0) is 7.45. The molecule has 1 saturated heterocycles. The summed E-state index contributed by atoms with van der Waals surface area (Å²) in [5.41, 5.74) is 5.46. The molecule has 0 unspecified atom stereocenters. The Kier molecular flexibility index (Phi) is 2.65. The Morgan fingerprint density at radius 1 is 1.40 bits per heavy atom. The van der Waals surface area contributed by atoms with Crippen LogP contribution in [0.3, 0.4) is 0 Å². The van der Waals surface area contributed by atoms with Crippen molar-refractivity contribution in [3.05, 3.63) is 0 Å². The third-order valence-electron chi connectivity index (χ3n) is 2.02. The zero-order valence-corrected chi connectivity index (χ0v) is 6.18. The van der Waals surface area contributed by atoms with Crippen LogP contribution in [0.2, 0.25) is 0 Å². The molecule has 0 radical (unpaired) electrons. The predicted molar refractivity (Wildman–Crippen MR) is 38.7 cm³/mol. The number of nitrogens with two attached hydrogens (primary N) is 1. The smallest absolute Gasteiger partial charge is 0.0612 e. The summed E-state index contributed by atoms with van der Waals surface area (Å²) >= 11 is 0. The Hall–Kier alpha value is -0.120. The third-order valence-corrected chi connectivity index (χ3v) is 2.02. The molecule has 0 spiro atoms. The second-order valence-electron chi connectivity index (χ2n) is 2.99. The molecule has 0 aromatic rings. The van der Waals surface area contributed by atoms with Gasteiger partial charge in [-0.1, -0.05) is 0 Å². The van der Waals surface area contributed by atoms with Crippen molar-refractivity contribution in [3.63, 3.8) is 0 Å². The van der Waals surface area contributed by atoms with Gasteiger partial charge in [0.2, 0.25) is 0 Å². The van der Waals surface area contributed by atoms with Crippen LogP contribution in [-0.4, -0.2) is 30.5 Å². The van der Waals surface area contributed by atoms with Gasteiger partial charge >= 0.3 is 0 Å². The normalized spacial score (nSPS) is 35.4. The van der Waals surface area contributed by atoms with Gasteiger partial charge in [-0.15, -0.1) is 0 Å². The summed E-state index contributed by atoms with van der Waals surface area (Å²) in [4.78, 5) is 0. The molecule has 60 valence electrons. The number of hydrogen-bond acceptors (Lipinski definition) is 3. The number of aliphatic hydroxyl groups is 1. The average Bonchev–Trinajstić information content (AvgIpc) is 2.15. The Morgan fingerprint density at radius 2 is 2.20 bits per heavy atom. The van der Waals surface area contributed by atoms with E-state index in [1.165, 1.54) is 0 Å². The molecule has 1 rings (SSSR count). The van der Waals surface area contributed by atoms with Gasteiger partial charge in [0.15, 0.2) is 0 Å². The molecule has 1 fully saturated rings. The van der Waals surface area contributed by atoms with E-state index in [1.807, 2.05) is 0 Å². The van der Waals surface area contributed by atoms with Crippen LogP contribution in [0.25, 0.3) is 0 Å². The minimum atomic E-state index is -0.365. The highest BCUT2D eigenvalue weighted by atomic mass is 16.5. The van der Waals surface area contributed by atoms with Crippen LogP contribution < -0.4 is 5.73 Å². The molecule has 1 aliphatic heterocycles. The lowest BCUT2D eigenvalue weighted by Gasteiger charge is -2.23. The maximum Gasteiger partial charge on any atom is 0.0612 e. The first-order valence-corrected chi connectivity index (χ1v) is 3.74. The highest BCUT2D eigenvalue weighted by Gasteiger charge is 2.24. The molecule has 3 N–H and O–H groups in total. The Labute approximate surface area is 61.2 Å². The summed E-state index contributed by atoms with van der Waals surface area (Å²) < 4.78 is 5.20. The van der Waals surface area contributed by atoms with E-state index < -0.39 is 0 Å². The van der Waals surface area contributed by atoms with E-state index in [2.05, 4.69) is 0 Å². The fourth-order valence-electron chi connectivity index (χ4n) is 1.19. The number of ether oxygens (including phenoxy) is 1.